The molecule has 3 rings (SSSR count). The molecule has 1 aliphatic heterocycles. The third-order valence-corrected chi connectivity index (χ3v) is 6.85. The molecule has 2 aromatic carbocycles. The maximum absolute atomic E-state index is 11.2. The van der Waals surface area contributed by atoms with Crippen LogP contribution in [0, 0.1) is 0 Å². The minimum absolute atomic E-state index is 0.338. The van der Waals surface area contributed by atoms with E-state index in [0.717, 1.165) is 29.7 Å². The van der Waals surface area contributed by atoms with E-state index in [9.17, 15) is 10.2 Å². The Morgan fingerprint density at radius 1 is 0.895 bits per heavy atom. The van der Waals surface area contributed by atoms with Gasteiger partial charge in [0.25, 0.3) is 0 Å². The number of nitrogens with zero attached hydrogens (tertiary/aromatic N) is 1. The molecular weight excluding hydrogens is 478 g/mol. The van der Waals surface area contributed by atoms with Gasteiger partial charge in [0.2, 0.25) is 6.29 Å². The van der Waals surface area contributed by atoms with Crippen molar-refractivity contribution in [1.82, 2.24) is 0 Å². The van der Waals surface area contributed by atoms with Crippen molar-refractivity contribution in [3.05, 3.63) is 84.1 Å². The lowest BCUT2D eigenvalue weighted by Crippen LogP contribution is -2.59. The molecule has 1 fully saturated rings. The zero-order valence-electron chi connectivity index (χ0n) is 23.0. The van der Waals surface area contributed by atoms with E-state index in [1.54, 1.807) is 12.3 Å². The Hall–Kier alpha value is -2.51. The molecule has 1 aliphatic rings. The van der Waals surface area contributed by atoms with Crippen LogP contribution in [0.25, 0.3) is 0 Å². The number of rotatable bonds is 16. The highest BCUT2D eigenvalue weighted by atomic mass is 16.7. The first-order chi connectivity index (χ1) is 18.7. The summed E-state index contributed by atoms with van der Waals surface area (Å²) in [7, 11) is 0. The number of aliphatic hydroxyl groups is 2. The molecule has 0 spiro atoms. The van der Waals surface area contributed by atoms with Crippen LogP contribution in [0.2, 0.25) is 0 Å². The first kappa shape index (κ1) is 30.0. The molecule has 2 N–H and O–H groups in total. The van der Waals surface area contributed by atoms with Crippen molar-refractivity contribution in [3.63, 3.8) is 0 Å². The molecule has 0 bridgehead atoms. The van der Waals surface area contributed by atoms with Crippen molar-refractivity contribution in [2.24, 2.45) is 4.99 Å². The summed E-state index contributed by atoms with van der Waals surface area (Å²) in [6.07, 6.45) is 9.53. The molecule has 2 aromatic rings. The average molecular weight is 524 g/mol. The van der Waals surface area contributed by atoms with Crippen molar-refractivity contribution in [2.45, 2.75) is 95.9 Å². The highest BCUT2D eigenvalue weighted by Crippen LogP contribution is 2.29. The molecular formula is C32H45NO5. The standard InChI is InChI=1S/C32H45NO5/c1-3-5-6-7-8-9-10-17-23-36-31-29(32(37-22-4-2)38-27(24-34)30(31)35)33-28(25-18-13-11-14-19-25)26-20-15-12-16-21-26/h4,11-16,18-22,27,29-32,34-35H,3,5-10,17,23-24H2,1-2H3/b22-4-. The van der Waals surface area contributed by atoms with Gasteiger partial charge in [-0.3, -0.25) is 4.99 Å². The van der Waals surface area contributed by atoms with Crippen LogP contribution < -0.4 is 0 Å². The van der Waals surface area contributed by atoms with Gasteiger partial charge in [0.1, 0.15) is 24.4 Å². The molecule has 208 valence electrons. The molecule has 38 heavy (non-hydrogen) atoms. The van der Waals surface area contributed by atoms with Gasteiger partial charge in [-0.15, -0.1) is 0 Å². The van der Waals surface area contributed by atoms with E-state index in [2.05, 4.69) is 6.92 Å². The Bertz CT molecular complexity index is 907. The zero-order chi connectivity index (χ0) is 27.0. The van der Waals surface area contributed by atoms with Crippen molar-refractivity contribution in [2.75, 3.05) is 13.2 Å². The number of aliphatic imine (C=N–C) groups is 1. The highest BCUT2D eigenvalue weighted by Gasteiger charge is 2.47. The minimum atomic E-state index is -1.04. The van der Waals surface area contributed by atoms with Gasteiger partial charge in [-0.25, -0.2) is 0 Å². The molecule has 0 aliphatic carbocycles. The molecule has 0 saturated carbocycles. The molecule has 0 radical (unpaired) electrons. The number of hydrogen-bond donors (Lipinski definition) is 2. The fourth-order valence-electron chi connectivity index (χ4n) is 4.77. The molecule has 1 saturated heterocycles. The Labute approximate surface area is 228 Å². The predicted octanol–water partition coefficient (Wildman–Crippen LogP) is 6.05. The van der Waals surface area contributed by atoms with Crippen molar-refractivity contribution in [3.8, 4) is 0 Å². The van der Waals surface area contributed by atoms with Gasteiger partial charge >= 0.3 is 0 Å². The van der Waals surface area contributed by atoms with Crippen LogP contribution >= 0.6 is 0 Å². The number of ether oxygens (including phenoxy) is 3. The Morgan fingerprint density at radius 3 is 2.03 bits per heavy atom. The van der Waals surface area contributed by atoms with Gasteiger partial charge in [0, 0.05) is 17.7 Å². The summed E-state index contributed by atoms with van der Waals surface area (Å²) in [5.74, 6) is 0. The second-order valence-corrected chi connectivity index (χ2v) is 9.83. The van der Waals surface area contributed by atoms with Crippen molar-refractivity contribution >= 4 is 5.71 Å². The van der Waals surface area contributed by atoms with Gasteiger partial charge in [-0.05, 0) is 13.3 Å². The molecule has 0 amide bonds. The highest BCUT2D eigenvalue weighted by molar-refractivity contribution is 6.13. The summed E-state index contributed by atoms with van der Waals surface area (Å²) in [4.78, 5) is 5.13. The van der Waals surface area contributed by atoms with Crippen molar-refractivity contribution in [1.29, 1.82) is 0 Å². The van der Waals surface area contributed by atoms with Gasteiger partial charge in [-0.1, -0.05) is 119 Å². The summed E-state index contributed by atoms with van der Waals surface area (Å²) in [6.45, 7) is 4.25. The lowest BCUT2D eigenvalue weighted by Gasteiger charge is -2.42. The zero-order valence-corrected chi connectivity index (χ0v) is 23.0. The van der Waals surface area contributed by atoms with Crippen LogP contribution in [0.15, 0.2) is 78.0 Å². The fraction of sp³-hybridized carbons (Fsp3) is 0.531. The average Bonchev–Trinajstić information content (AvgIpc) is 2.96. The Morgan fingerprint density at radius 2 is 1.47 bits per heavy atom. The Kier molecular flexibility index (Phi) is 13.6. The second kappa shape index (κ2) is 17.2. The quantitative estimate of drug-likeness (QED) is 0.159. The number of benzene rings is 2. The molecule has 6 nitrogen and oxygen atoms in total. The summed E-state index contributed by atoms with van der Waals surface area (Å²) in [6, 6.07) is 19.3. The summed E-state index contributed by atoms with van der Waals surface area (Å²) in [5, 5.41) is 21.1. The van der Waals surface area contributed by atoms with Crippen LogP contribution in [-0.4, -0.2) is 59.8 Å². The van der Waals surface area contributed by atoms with E-state index in [1.165, 1.54) is 38.5 Å². The van der Waals surface area contributed by atoms with E-state index in [-0.39, 0.29) is 6.61 Å². The van der Waals surface area contributed by atoms with E-state index >= 15 is 0 Å². The number of hydrogen-bond acceptors (Lipinski definition) is 6. The smallest absolute Gasteiger partial charge is 0.224 e. The first-order valence-corrected chi connectivity index (χ1v) is 14.2. The molecule has 5 unspecified atom stereocenters. The van der Waals surface area contributed by atoms with E-state index < -0.39 is 30.6 Å². The number of allylic oxidation sites excluding steroid dienone is 1. The normalized spacial score (nSPS) is 23.4. The van der Waals surface area contributed by atoms with Gasteiger partial charge in [0.15, 0.2) is 0 Å². The molecule has 5 atom stereocenters. The Balaban J connectivity index is 1.83. The number of unbranched alkanes of at least 4 members (excludes halogenated alkanes) is 7. The summed E-state index contributed by atoms with van der Waals surface area (Å²) >= 11 is 0. The topological polar surface area (TPSA) is 80.5 Å². The van der Waals surface area contributed by atoms with Gasteiger partial charge in [-0.2, -0.15) is 0 Å². The van der Waals surface area contributed by atoms with Crippen LogP contribution in [0.1, 0.15) is 76.3 Å². The number of aliphatic hydroxyl groups excluding tert-OH is 2. The molecule has 6 heteroatoms. The van der Waals surface area contributed by atoms with E-state index in [0.29, 0.717) is 6.61 Å². The minimum Gasteiger partial charge on any atom is -0.470 e. The summed E-state index contributed by atoms with van der Waals surface area (Å²) in [5.41, 5.74) is 2.66. The first-order valence-electron chi connectivity index (χ1n) is 14.2. The SMILES string of the molecule is C/C=C\OC1OC(CO)C(O)C(OCCCCCCCCCC)C1N=C(c1ccccc1)c1ccccc1. The van der Waals surface area contributed by atoms with Crippen LogP contribution in [0.3, 0.4) is 0 Å². The van der Waals surface area contributed by atoms with E-state index in [4.69, 9.17) is 19.2 Å². The van der Waals surface area contributed by atoms with Crippen LogP contribution in [0.5, 0.6) is 0 Å². The maximum Gasteiger partial charge on any atom is 0.224 e. The predicted molar refractivity (Wildman–Crippen MR) is 152 cm³/mol. The third-order valence-electron chi connectivity index (χ3n) is 6.85. The monoisotopic (exact) mass is 523 g/mol. The maximum atomic E-state index is 11.2. The van der Waals surface area contributed by atoms with Crippen LogP contribution in [0.4, 0.5) is 0 Å². The largest absolute Gasteiger partial charge is 0.470 e. The van der Waals surface area contributed by atoms with Crippen molar-refractivity contribution < 1.29 is 24.4 Å². The van der Waals surface area contributed by atoms with Gasteiger partial charge in [0.05, 0.1) is 18.6 Å². The third kappa shape index (κ3) is 9.05. The molecule has 0 aromatic heterocycles. The van der Waals surface area contributed by atoms with Gasteiger partial charge < -0.3 is 24.4 Å². The molecule has 1 heterocycles. The summed E-state index contributed by atoms with van der Waals surface area (Å²) < 4.78 is 18.2. The lowest BCUT2D eigenvalue weighted by molar-refractivity contribution is -0.258. The second-order valence-electron chi connectivity index (χ2n) is 9.83. The lowest BCUT2D eigenvalue weighted by atomic mass is 9.95. The fourth-order valence-corrected chi connectivity index (χ4v) is 4.77. The van der Waals surface area contributed by atoms with Crippen LogP contribution in [-0.2, 0) is 14.2 Å². The van der Waals surface area contributed by atoms with E-state index in [1.807, 2.05) is 67.6 Å².